The molecule has 0 heterocycles. The molecule has 1 rings (SSSR count). The molecule has 0 aliphatic rings. The zero-order chi connectivity index (χ0) is 11.6. The van der Waals surface area contributed by atoms with Crippen molar-refractivity contribution in [2.24, 2.45) is 0 Å². The molecule has 0 aliphatic heterocycles. The van der Waals surface area contributed by atoms with Gasteiger partial charge >= 0.3 is 0 Å². The van der Waals surface area contributed by atoms with Gasteiger partial charge in [0.15, 0.2) is 0 Å². The first-order chi connectivity index (χ1) is 6.80. The molecule has 1 aromatic carbocycles. The van der Waals surface area contributed by atoms with E-state index >= 15 is 0 Å². The third kappa shape index (κ3) is 3.02. The highest BCUT2D eigenvalue weighted by molar-refractivity contribution is 5.89. The number of aliphatic hydroxyl groups is 1. The number of amides is 1. The predicted molar refractivity (Wildman–Crippen MR) is 55.9 cm³/mol. The Morgan fingerprint density at radius 3 is 2.53 bits per heavy atom. The first-order valence-corrected chi connectivity index (χ1v) is 4.60. The quantitative estimate of drug-likeness (QED) is 0.786. The predicted octanol–water partition coefficient (Wildman–Crippen LogP) is 2.01. The normalized spacial score (nSPS) is 11.3. The molecular formula is C11H14FNO2. The highest BCUT2D eigenvalue weighted by atomic mass is 19.1. The van der Waals surface area contributed by atoms with Crippen LogP contribution in [0, 0.1) is 5.82 Å². The molecule has 0 aliphatic carbocycles. The van der Waals surface area contributed by atoms with Gasteiger partial charge in [-0.3, -0.25) is 4.79 Å². The maximum absolute atomic E-state index is 13.0. The first kappa shape index (κ1) is 11.7. The second kappa shape index (κ2) is 3.98. The molecule has 1 amide bonds. The number of hydrogen-bond donors (Lipinski definition) is 2. The monoisotopic (exact) mass is 211 g/mol. The summed E-state index contributed by atoms with van der Waals surface area (Å²) in [5, 5.41) is 12.3. The van der Waals surface area contributed by atoms with Crippen LogP contribution in [0.25, 0.3) is 0 Å². The lowest BCUT2D eigenvalue weighted by atomic mass is 9.96. The Morgan fingerprint density at radius 1 is 1.47 bits per heavy atom. The zero-order valence-electron chi connectivity index (χ0n) is 8.97. The summed E-state index contributed by atoms with van der Waals surface area (Å²) in [6.07, 6.45) is 0. The van der Waals surface area contributed by atoms with Crippen LogP contribution in [0.1, 0.15) is 26.3 Å². The summed E-state index contributed by atoms with van der Waals surface area (Å²) in [6.45, 7) is 4.43. The fraction of sp³-hybridized carbons (Fsp3) is 0.364. The lowest BCUT2D eigenvalue weighted by Gasteiger charge is -2.21. The summed E-state index contributed by atoms with van der Waals surface area (Å²) >= 11 is 0. The lowest BCUT2D eigenvalue weighted by Crippen LogP contribution is -2.20. The number of nitrogens with one attached hydrogen (secondary N) is 1. The Bertz CT molecular complexity index is 383. The molecular weight excluding hydrogens is 197 g/mol. The van der Waals surface area contributed by atoms with Gasteiger partial charge in [0, 0.05) is 18.2 Å². The summed E-state index contributed by atoms with van der Waals surface area (Å²) in [7, 11) is 0. The van der Waals surface area contributed by atoms with E-state index in [-0.39, 0.29) is 5.91 Å². The second-order valence-electron chi connectivity index (χ2n) is 3.93. The minimum atomic E-state index is -1.19. The van der Waals surface area contributed by atoms with Gasteiger partial charge in [0.1, 0.15) is 5.82 Å². The molecule has 0 bridgehead atoms. The standard InChI is InChI=1S/C11H14FNO2/c1-7(14)13-10-5-4-8(12)6-9(10)11(2,3)15/h4-6,15H,1-3H3,(H,13,14). The molecule has 0 atom stereocenters. The molecule has 0 spiro atoms. The number of rotatable bonds is 2. The van der Waals surface area contributed by atoms with Crippen molar-refractivity contribution in [2.45, 2.75) is 26.4 Å². The van der Waals surface area contributed by atoms with E-state index in [1.807, 2.05) is 0 Å². The van der Waals surface area contributed by atoms with Crippen molar-refractivity contribution >= 4 is 11.6 Å². The molecule has 0 fully saturated rings. The number of carbonyl (C=O) groups excluding carboxylic acids is 1. The van der Waals surface area contributed by atoms with Gasteiger partial charge in [-0.1, -0.05) is 0 Å². The van der Waals surface area contributed by atoms with E-state index in [1.54, 1.807) is 0 Å². The van der Waals surface area contributed by atoms with Gasteiger partial charge in [0.25, 0.3) is 0 Å². The van der Waals surface area contributed by atoms with E-state index in [4.69, 9.17) is 0 Å². The van der Waals surface area contributed by atoms with Gasteiger partial charge in [-0.15, -0.1) is 0 Å². The largest absolute Gasteiger partial charge is 0.386 e. The van der Waals surface area contributed by atoms with Crippen molar-refractivity contribution in [1.29, 1.82) is 0 Å². The molecule has 0 saturated carbocycles. The van der Waals surface area contributed by atoms with Crippen LogP contribution in [0.5, 0.6) is 0 Å². The molecule has 0 radical (unpaired) electrons. The fourth-order valence-electron chi connectivity index (χ4n) is 1.32. The Morgan fingerprint density at radius 2 is 2.07 bits per heavy atom. The van der Waals surface area contributed by atoms with Crippen molar-refractivity contribution in [3.05, 3.63) is 29.6 Å². The molecule has 0 saturated heterocycles. The number of halogens is 1. The average Bonchev–Trinajstić information content (AvgIpc) is 2.05. The van der Waals surface area contributed by atoms with E-state index in [0.29, 0.717) is 11.3 Å². The minimum absolute atomic E-state index is 0.257. The van der Waals surface area contributed by atoms with Crippen LogP contribution < -0.4 is 5.32 Å². The summed E-state index contributed by atoms with van der Waals surface area (Å²) in [5.41, 5.74) is -0.408. The Balaban J connectivity index is 3.20. The number of hydrogen-bond acceptors (Lipinski definition) is 2. The molecule has 0 aromatic heterocycles. The average molecular weight is 211 g/mol. The molecule has 15 heavy (non-hydrogen) atoms. The molecule has 1 aromatic rings. The van der Waals surface area contributed by atoms with E-state index in [1.165, 1.54) is 39.0 Å². The third-order valence-electron chi connectivity index (χ3n) is 1.95. The van der Waals surface area contributed by atoms with E-state index in [9.17, 15) is 14.3 Å². The lowest BCUT2D eigenvalue weighted by molar-refractivity contribution is -0.114. The molecule has 82 valence electrons. The van der Waals surface area contributed by atoms with Crippen LogP contribution in [-0.4, -0.2) is 11.0 Å². The summed E-state index contributed by atoms with van der Waals surface area (Å²) in [6, 6.07) is 3.88. The molecule has 3 nitrogen and oxygen atoms in total. The summed E-state index contributed by atoms with van der Waals surface area (Å²) in [4.78, 5) is 10.9. The van der Waals surface area contributed by atoms with Crippen molar-refractivity contribution in [3.63, 3.8) is 0 Å². The van der Waals surface area contributed by atoms with Crippen molar-refractivity contribution < 1.29 is 14.3 Å². The Hall–Kier alpha value is -1.42. The maximum Gasteiger partial charge on any atom is 0.221 e. The Kier molecular flexibility index (Phi) is 3.09. The Labute approximate surface area is 87.9 Å². The highest BCUT2D eigenvalue weighted by Crippen LogP contribution is 2.28. The topological polar surface area (TPSA) is 49.3 Å². The van der Waals surface area contributed by atoms with Gasteiger partial charge < -0.3 is 10.4 Å². The van der Waals surface area contributed by atoms with Crippen LogP contribution in [0.2, 0.25) is 0 Å². The van der Waals surface area contributed by atoms with E-state index in [0.717, 1.165) is 0 Å². The third-order valence-corrected chi connectivity index (χ3v) is 1.95. The van der Waals surface area contributed by atoms with Crippen LogP contribution >= 0.6 is 0 Å². The van der Waals surface area contributed by atoms with Gasteiger partial charge in [-0.2, -0.15) is 0 Å². The smallest absolute Gasteiger partial charge is 0.221 e. The van der Waals surface area contributed by atoms with Crippen LogP contribution in [0.4, 0.5) is 10.1 Å². The summed E-state index contributed by atoms with van der Waals surface area (Å²) < 4.78 is 13.0. The van der Waals surface area contributed by atoms with Crippen LogP contribution in [0.3, 0.4) is 0 Å². The van der Waals surface area contributed by atoms with Crippen molar-refractivity contribution in [2.75, 3.05) is 5.32 Å². The first-order valence-electron chi connectivity index (χ1n) is 4.60. The number of benzene rings is 1. The van der Waals surface area contributed by atoms with Gasteiger partial charge in [-0.25, -0.2) is 4.39 Å². The van der Waals surface area contributed by atoms with Gasteiger partial charge in [-0.05, 0) is 32.0 Å². The van der Waals surface area contributed by atoms with Crippen molar-refractivity contribution in [3.8, 4) is 0 Å². The SMILES string of the molecule is CC(=O)Nc1ccc(F)cc1C(C)(C)O. The summed E-state index contributed by atoms with van der Waals surface area (Å²) in [5.74, 6) is -0.701. The molecule has 4 heteroatoms. The van der Waals surface area contributed by atoms with Crippen LogP contribution in [-0.2, 0) is 10.4 Å². The van der Waals surface area contributed by atoms with E-state index in [2.05, 4.69) is 5.32 Å². The van der Waals surface area contributed by atoms with Gasteiger partial charge in [0.2, 0.25) is 5.91 Å². The molecule has 0 unspecified atom stereocenters. The number of carbonyl (C=O) groups is 1. The van der Waals surface area contributed by atoms with Crippen LogP contribution in [0.15, 0.2) is 18.2 Å². The minimum Gasteiger partial charge on any atom is -0.386 e. The fourth-order valence-corrected chi connectivity index (χ4v) is 1.32. The van der Waals surface area contributed by atoms with Gasteiger partial charge in [0.05, 0.1) is 5.60 Å². The second-order valence-corrected chi connectivity index (χ2v) is 3.93. The zero-order valence-corrected chi connectivity index (χ0v) is 8.97. The van der Waals surface area contributed by atoms with Crippen molar-refractivity contribution in [1.82, 2.24) is 0 Å². The highest BCUT2D eigenvalue weighted by Gasteiger charge is 2.21. The number of anilines is 1. The molecule has 2 N–H and O–H groups in total. The van der Waals surface area contributed by atoms with E-state index < -0.39 is 11.4 Å². The maximum atomic E-state index is 13.0.